The molecule has 1 atom stereocenters. The second kappa shape index (κ2) is 12.0. The zero-order valence-corrected chi connectivity index (χ0v) is 18.9. The van der Waals surface area contributed by atoms with Gasteiger partial charge in [0.1, 0.15) is 0 Å². The largest absolute Gasteiger partial charge is 0.377 e. The lowest BCUT2D eigenvalue weighted by atomic mass is 10.2. The summed E-state index contributed by atoms with van der Waals surface area (Å²) in [7, 11) is 3.81. The first-order chi connectivity index (χ1) is 13.3. The fraction of sp³-hybridized carbons (Fsp3) is 0.500. The van der Waals surface area contributed by atoms with Crippen LogP contribution in [0.15, 0.2) is 47.7 Å². The highest BCUT2D eigenvalue weighted by molar-refractivity contribution is 14.0. The van der Waals surface area contributed by atoms with Gasteiger partial charge in [0, 0.05) is 45.6 Å². The van der Waals surface area contributed by atoms with Crippen LogP contribution >= 0.6 is 24.0 Å². The lowest BCUT2D eigenvalue weighted by Gasteiger charge is -2.21. The number of guanidine groups is 1. The molecular weight excluding hydrogens is 469 g/mol. The Balaban J connectivity index is 0.00000280. The second-order valence-electron chi connectivity index (χ2n) is 6.67. The topological polar surface area (TPSA) is 63.9 Å². The Morgan fingerprint density at radius 3 is 2.93 bits per heavy atom. The van der Waals surface area contributed by atoms with Crippen molar-refractivity contribution >= 4 is 29.9 Å². The quantitative estimate of drug-likeness (QED) is 0.262. The predicted octanol–water partition coefficient (Wildman–Crippen LogP) is 2.69. The van der Waals surface area contributed by atoms with Crippen molar-refractivity contribution in [3.05, 3.63) is 48.3 Å². The van der Waals surface area contributed by atoms with Gasteiger partial charge in [-0.05, 0) is 25.0 Å². The van der Waals surface area contributed by atoms with Gasteiger partial charge >= 0.3 is 0 Å². The Morgan fingerprint density at radius 1 is 1.39 bits per heavy atom. The molecule has 1 aromatic carbocycles. The molecule has 0 saturated carbocycles. The summed E-state index contributed by atoms with van der Waals surface area (Å²) in [5, 5.41) is 7.78. The Labute approximate surface area is 184 Å². The van der Waals surface area contributed by atoms with Gasteiger partial charge in [-0.1, -0.05) is 18.2 Å². The molecule has 28 heavy (non-hydrogen) atoms. The third-order valence-electron chi connectivity index (χ3n) is 4.51. The molecule has 0 spiro atoms. The maximum Gasteiger partial charge on any atom is 0.193 e. The van der Waals surface area contributed by atoms with E-state index in [-0.39, 0.29) is 30.1 Å². The normalized spacial score (nSPS) is 16.6. The summed E-state index contributed by atoms with van der Waals surface area (Å²) in [6, 6.07) is 10.1. The molecule has 8 heteroatoms. The van der Waals surface area contributed by atoms with Crippen LogP contribution in [0.25, 0.3) is 5.69 Å². The van der Waals surface area contributed by atoms with Crippen LogP contribution in [0.3, 0.4) is 0 Å². The van der Waals surface area contributed by atoms with E-state index in [1.807, 2.05) is 54.5 Å². The van der Waals surface area contributed by atoms with Crippen molar-refractivity contribution in [1.29, 1.82) is 0 Å². The van der Waals surface area contributed by atoms with E-state index in [1.54, 1.807) is 7.05 Å². The molecular formula is C20H30IN5O2. The minimum absolute atomic E-state index is 0. The van der Waals surface area contributed by atoms with E-state index in [1.165, 1.54) is 0 Å². The van der Waals surface area contributed by atoms with Crippen molar-refractivity contribution in [2.75, 3.05) is 40.5 Å². The van der Waals surface area contributed by atoms with Crippen LogP contribution in [0.1, 0.15) is 18.4 Å². The van der Waals surface area contributed by atoms with Gasteiger partial charge in [-0.25, -0.2) is 4.68 Å². The molecule has 0 aliphatic carbocycles. The Hall–Kier alpha value is -1.65. The van der Waals surface area contributed by atoms with Gasteiger partial charge in [0.15, 0.2) is 5.96 Å². The molecule has 1 aliphatic heterocycles. The third-order valence-corrected chi connectivity index (χ3v) is 4.51. The number of nitrogens with zero attached hydrogens (tertiary/aromatic N) is 4. The van der Waals surface area contributed by atoms with Crippen LogP contribution in [0.5, 0.6) is 0 Å². The molecule has 1 unspecified atom stereocenters. The number of benzene rings is 1. The zero-order chi connectivity index (χ0) is 18.9. The smallest absolute Gasteiger partial charge is 0.193 e. The molecule has 1 aliphatic rings. The monoisotopic (exact) mass is 499 g/mol. The molecule has 154 valence electrons. The first-order valence-corrected chi connectivity index (χ1v) is 9.46. The summed E-state index contributed by atoms with van der Waals surface area (Å²) in [6.07, 6.45) is 6.46. The first-order valence-electron chi connectivity index (χ1n) is 9.46. The van der Waals surface area contributed by atoms with E-state index in [2.05, 4.69) is 20.3 Å². The van der Waals surface area contributed by atoms with Crippen LogP contribution in [0.2, 0.25) is 0 Å². The minimum Gasteiger partial charge on any atom is -0.377 e. The van der Waals surface area contributed by atoms with Crippen LogP contribution in [0, 0.1) is 0 Å². The summed E-state index contributed by atoms with van der Waals surface area (Å²) in [6.45, 7) is 3.62. The van der Waals surface area contributed by atoms with Crippen LogP contribution < -0.4 is 5.32 Å². The predicted molar refractivity (Wildman–Crippen MR) is 122 cm³/mol. The molecule has 1 N–H and O–H groups in total. The standard InChI is InChI=1S/C20H29N5O2.HI/c1-21-20(22-10-12-26-16-19-9-6-11-27-19)24(2)14-17-13-23-25(15-17)18-7-4-3-5-8-18;/h3-5,7-8,13,15,19H,6,9-12,14,16H2,1-2H3,(H,21,22);1H. The highest BCUT2D eigenvalue weighted by atomic mass is 127. The fourth-order valence-corrected chi connectivity index (χ4v) is 3.12. The van der Waals surface area contributed by atoms with Gasteiger partial charge < -0.3 is 19.7 Å². The van der Waals surface area contributed by atoms with Gasteiger partial charge in [0.25, 0.3) is 0 Å². The zero-order valence-electron chi connectivity index (χ0n) is 16.6. The highest BCUT2D eigenvalue weighted by Crippen LogP contribution is 2.12. The van der Waals surface area contributed by atoms with Crippen molar-refractivity contribution in [2.24, 2.45) is 4.99 Å². The number of halogens is 1. The number of rotatable bonds is 8. The Kier molecular flexibility index (Phi) is 9.72. The number of aromatic nitrogens is 2. The molecule has 0 bridgehead atoms. The summed E-state index contributed by atoms with van der Waals surface area (Å²) in [4.78, 5) is 6.42. The van der Waals surface area contributed by atoms with Crippen LogP contribution in [-0.2, 0) is 16.0 Å². The molecule has 2 aromatic rings. The van der Waals surface area contributed by atoms with Crippen molar-refractivity contribution in [1.82, 2.24) is 20.0 Å². The minimum atomic E-state index is 0. The molecule has 1 saturated heterocycles. The molecule has 1 aromatic heterocycles. The van der Waals surface area contributed by atoms with Gasteiger partial charge in [-0.3, -0.25) is 4.99 Å². The number of ether oxygens (including phenoxy) is 2. The van der Waals surface area contributed by atoms with E-state index in [4.69, 9.17) is 9.47 Å². The number of nitrogens with one attached hydrogen (secondary N) is 1. The number of para-hydroxylation sites is 1. The second-order valence-corrected chi connectivity index (χ2v) is 6.67. The maximum atomic E-state index is 5.69. The van der Waals surface area contributed by atoms with Crippen molar-refractivity contribution in [3.63, 3.8) is 0 Å². The molecule has 1 fully saturated rings. The van der Waals surface area contributed by atoms with Gasteiger partial charge in [0.05, 0.1) is 31.2 Å². The average molecular weight is 499 g/mol. The highest BCUT2D eigenvalue weighted by Gasteiger charge is 2.15. The van der Waals surface area contributed by atoms with E-state index < -0.39 is 0 Å². The number of aliphatic imine (C=N–C) groups is 1. The Morgan fingerprint density at radius 2 is 2.21 bits per heavy atom. The fourth-order valence-electron chi connectivity index (χ4n) is 3.12. The molecule has 3 rings (SSSR count). The third kappa shape index (κ3) is 6.75. The average Bonchev–Trinajstić information content (AvgIpc) is 3.37. The van der Waals surface area contributed by atoms with E-state index in [0.29, 0.717) is 19.8 Å². The maximum absolute atomic E-state index is 5.69. The van der Waals surface area contributed by atoms with Gasteiger partial charge in [-0.15, -0.1) is 24.0 Å². The van der Waals surface area contributed by atoms with E-state index in [9.17, 15) is 0 Å². The van der Waals surface area contributed by atoms with E-state index >= 15 is 0 Å². The lowest BCUT2D eigenvalue weighted by Crippen LogP contribution is -2.40. The van der Waals surface area contributed by atoms with Crippen molar-refractivity contribution in [2.45, 2.75) is 25.5 Å². The van der Waals surface area contributed by atoms with Crippen LogP contribution in [0.4, 0.5) is 0 Å². The lowest BCUT2D eigenvalue weighted by molar-refractivity contribution is 0.0190. The molecule has 0 radical (unpaired) electrons. The van der Waals surface area contributed by atoms with Crippen LogP contribution in [-0.4, -0.2) is 67.2 Å². The van der Waals surface area contributed by atoms with Gasteiger partial charge in [-0.2, -0.15) is 5.10 Å². The number of hydrogen-bond acceptors (Lipinski definition) is 4. The van der Waals surface area contributed by atoms with E-state index in [0.717, 1.165) is 43.2 Å². The summed E-state index contributed by atoms with van der Waals surface area (Å²) < 4.78 is 13.1. The summed E-state index contributed by atoms with van der Waals surface area (Å²) in [5.74, 6) is 0.836. The van der Waals surface area contributed by atoms with Gasteiger partial charge in [0.2, 0.25) is 0 Å². The summed E-state index contributed by atoms with van der Waals surface area (Å²) >= 11 is 0. The molecule has 7 nitrogen and oxygen atoms in total. The SMILES string of the molecule is CN=C(NCCOCC1CCCO1)N(C)Cc1cnn(-c2ccccc2)c1.I. The molecule has 2 heterocycles. The molecule has 0 amide bonds. The number of hydrogen-bond donors (Lipinski definition) is 1. The Bertz CT molecular complexity index is 716. The van der Waals surface area contributed by atoms with Crippen molar-refractivity contribution in [3.8, 4) is 5.69 Å². The van der Waals surface area contributed by atoms with Crippen molar-refractivity contribution < 1.29 is 9.47 Å². The summed E-state index contributed by atoms with van der Waals surface area (Å²) in [5.41, 5.74) is 2.18. The first kappa shape index (κ1) is 22.6.